The minimum atomic E-state index is -0.643. The maximum Gasteiger partial charge on any atom is 0.230 e. The van der Waals surface area contributed by atoms with Gasteiger partial charge in [0.1, 0.15) is 5.75 Å². The summed E-state index contributed by atoms with van der Waals surface area (Å²) in [5.74, 6) is 1.22. The van der Waals surface area contributed by atoms with Gasteiger partial charge in [-0.2, -0.15) is 0 Å². The molecule has 5 rings (SSSR count). The molecule has 0 saturated heterocycles. The van der Waals surface area contributed by atoms with Crippen LogP contribution in [0.1, 0.15) is 42.5 Å². The molecule has 4 nitrogen and oxygen atoms in total. The molecule has 0 spiro atoms. The Balaban J connectivity index is 1.49. The van der Waals surface area contributed by atoms with Crippen LogP contribution in [0.4, 0.5) is 0 Å². The zero-order valence-electron chi connectivity index (χ0n) is 17.1. The lowest BCUT2D eigenvalue weighted by atomic mass is 9.93. The molecular weight excluding hydrogens is 374 g/mol. The van der Waals surface area contributed by atoms with E-state index in [9.17, 15) is 4.79 Å². The van der Waals surface area contributed by atoms with Crippen LogP contribution in [0.15, 0.2) is 66.2 Å². The third-order valence-electron chi connectivity index (χ3n) is 6.23. The Morgan fingerprint density at radius 2 is 1.93 bits per heavy atom. The topological polar surface area (TPSA) is 48.4 Å². The van der Waals surface area contributed by atoms with E-state index in [1.165, 1.54) is 25.7 Å². The Kier molecular flexibility index (Phi) is 5.09. The Morgan fingerprint density at radius 3 is 2.77 bits per heavy atom. The highest BCUT2D eigenvalue weighted by atomic mass is 16.7. The molecule has 1 unspecified atom stereocenters. The number of carbonyl (C=O) groups excluding carboxylic acids is 1. The van der Waals surface area contributed by atoms with Crippen LogP contribution >= 0.6 is 0 Å². The summed E-state index contributed by atoms with van der Waals surface area (Å²) in [6.45, 7) is 0. The highest BCUT2D eigenvalue weighted by Gasteiger charge is 2.32. The molecule has 1 saturated carbocycles. The van der Waals surface area contributed by atoms with Gasteiger partial charge in [0.15, 0.2) is 5.78 Å². The molecule has 0 bridgehead atoms. The van der Waals surface area contributed by atoms with Crippen LogP contribution in [0.25, 0.3) is 22.2 Å². The number of hydrogen-bond acceptors (Lipinski definition) is 4. The van der Waals surface area contributed by atoms with Crippen LogP contribution in [0, 0.1) is 5.92 Å². The number of pyridine rings is 1. The summed E-state index contributed by atoms with van der Waals surface area (Å²) in [7, 11) is 1.58. The fourth-order valence-corrected chi connectivity index (χ4v) is 4.54. The summed E-state index contributed by atoms with van der Waals surface area (Å²) in [4.78, 5) is 18.1. The number of rotatable bonds is 4. The van der Waals surface area contributed by atoms with Crippen LogP contribution in [0.2, 0.25) is 0 Å². The van der Waals surface area contributed by atoms with E-state index in [0.717, 1.165) is 28.6 Å². The van der Waals surface area contributed by atoms with E-state index in [2.05, 4.69) is 6.07 Å². The van der Waals surface area contributed by atoms with Gasteiger partial charge in [-0.05, 0) is 42.7 Å². The first-order chi connectivity index (χ1) is 14.7. The van der Waals surface area contributed by atoms with Crippen molar-refractivity contribution in [3.8, 4) is 17.0 Å². The van der Waals surface area contributed by atoms with Crippen molar-refractivity contribution in [1.29, 1.82) is 0 Å². The monoisotopic (exact) mass is 399 g/mol. The van der Waals surface area contributed by atoms with Crippen LogP contribution < -0.4 is 4.74 Å². The predicted octanol–water partition coefficient (Wildman–Crippen LogP) is 5.96. The summed E-state index contributed by atoms with van der Waals surface area (Å²) < 4.78 is 11.5. The third-order valence-corrected chi connectivity index (χ3v) is 6.23. The molecule has 0 radical (unpaired) electrons. The number of allylic oxidation sites excluding steroid dienone is 1. The number of ketones is 1. The second kappa shape index (κ2) is 8.04. The SMILES string of the molecule is COC1Oc2ccc(-c3ccc4ccccc4n3)cc2C(=O)C1=CCC1CCCC1. The molecule has 152 valence electrons. The van der Waals surface area contributed by atoms with Crippen molar-refractivity contribution < 1.29 is 14.3 Å². The van der Waals surface area contributed by atoms with Gasteiger partial charge in [-0.1, -0.05) is 56.0 Å². The Morgan fingerprint density at radius 1 is 1.10 bits per heavy atom. The van der Waals surface area contributed by atoms with Crippen LogP contribution in [0.3, 0.4) is 0 Å². The molecule has 1 atom stereocenters. The lowest BCUT2D eigenvalue weighted by molar-refractivity contribution is -0.0285. The number of para-hydroxylation sites is 1. The second-order valence-corrected chi connectivity index (χ2v) is 8.16. The number of fused-ring (bicyclic) bond motifs is 2. The lowest BCUT2D eigenvalue weighted by Gasteiger charge is -2.27. The highest BCUT2D eigenvalue weighted by Crippen LogP contribution is 2.36. The van der Waals surface area contributed by atoms with Gasteiger partial charge in [0.25, 0.3) is 0 Å². The van der Waals surface area contributed by atoms with Gasteiger partial charge in [-0.15, -0.1) is 0 Å². The Bertz CT molecular complexity index is 1130. The first-order valence-corrected chi connectivity index (χ1v) is 10.7. The molecule has 1 fully saturated rings. The Labute approximate surface area is 176 Å². The van der Waals surface area contributed by atoms with E-state index >= 15 is 0 Å². The fourth-order valence-electron chi connectivity index (χ4n) is 4.54. The van der Waals surface area contributed by atoms with Crippen molar-refractivity contribution in [2.75, 3.05) is 7.11 Å². The first-order valence-electron chi connectivity index (χ1n) is 10.7. The molecule has 2 heterocycles. The number of ether oxygens (including phenoxy) is 2. The van der Waals surface area contributed by atoms with Crippen LogP contribution in [0.5, 0.6) is 5.75 Å². The van der Waals surface area contributed by atoms with Crippen molar-refractivity contribution in [2.45, 2.75) is 38.4 Å². The number of carbonyl (C=O) groups is 1. The van der Waals surface area contributed by atoms with Gasteiger partial charge in [0, 0.05) is 18.1 Å². The van der Waals surface area contributed by atoms with Gasteiger partial charge in [0.05, 0.1) is 22.3 Å². The van der Waals surface area contributed by atoms with E-state index in [4.69, 9.17) is 14.5 Å². The molecule has 1 aliphatic heterocycles. The maximum absolute atomic E-state index is 13.3. The second-order valence-electron chi connectivity index (χ2n) is 8.16. The Hall–Kier alpha value is -2.98. The van der Waals surface area contributed by atoms with Crippen molar-refractivity contribution in [3.63, 3.8) is 0 Å². The summed E-state index contributed by atoms with van der Waals surface area (Å²) in [5.41, 5.74) is 3.87. The quantitative estimate of drug-likeness (QED) is 0.508. The van der Waals surface area contributed by atoms with Gasteiger partial charge in [0.2, 0.25) is 6.29 Å². The molecule has 0 N–H and O–H groups in total. The molecule has 4 heteroatoms. The summed E-state index contributed by atoms with van der Waals surface area (Å²) >= 11 is 0. The number of Topliss-reactive ketones (excluding diaryl/α,β-unsaturated/α-hetero) is 1. The summed E-state index contributed by atoms with van der Waals surface area (Å²) in [6.07, 6.45) is 7.36. The molecular formula is C26H25NO3. The van der Waals surface area contributed by atoms with Crippen molar-refractivity contribution >= 4 is 16.7 Å². The number of benzene rings is 2. The molecule has 2 aromatic carbocycles. The molecule has 3 aromatic rings. The zero-order chi connectivity index (χ0) is 20.5. The average Bonchev–Trinajstić information content (AvgIpc) is 3.31. The van der Waals surface area contributed by atoms with E-state index in [1.807, 2.05) is 54.6 Å². The average molecular weight is 399 g/mol. The largest absolute Gasteiger partial charge is 0.460 e. The van der Waals surface area contributed by atoms with Gasteiger partial charge in [-0.25, -0.2) is 4.98 Å². The summed E-state index contributed by atoms with van der Waals surface area (Å²) in [6, 6.07) is 17.8. The van der Waals surface area contributed by atoms with Crippen molar-refractivity contribution in [3.05, 3.63) is 71.8 Å². The summed E-state index contributed by atoms with van der Waals surface area (Å²) in [5, 5.41) is 1.10. The minimum absolute atomic E-state index is 0.0104. The number of nitrogens with zero attached hydrogens (tertiary/aromatic N) is 1. The van der Waals surface area contributed by atoms with E-state index in [1.54, 1.807) is 7.11 Å². The van der Waals surface area contributed by atoms with E-state index in [-0.39, 0.29) is 5.78 Å². The van der Waals surface area contributed by atoms with Gasteiger partial charge in [-0.3, -0.25) is 4.79 Å². The zero-order valence-corrected chi connectivity index (χ0v) is 17.1. The molecule has 30 heavy (non-hydrogen) atoms. The van der Waals surface area contributed by atoms with Gasteiger partial charge < -0.3 is 9.47 Å². The van der Waals surface area contributed by atoms with E-state index < -0.39 is 6.29 Å². The number of methoxy groups -OCH3 is 1. The maximum atomic E-state index is 13.3. The fraction of sp³-hybridized carbons (Fsp3) is 0.308. The third kappa shape index (κ3) is 3.52. The normalized spacial score (nSPS) is 20.5. The molecule has 0 amide bonds. The van der Waals surface area contributed by atoms with Crippen LogP contribution in [-0.4, -0.2) is 24.2 Å². The molecule has 1 aromatic heterocycles. The predicted molar refractivity (Wildman–Crippen MR) is 118 cm³/mol. The first kappa shape index (κ1) is 19.0. The standard InChI is InChI=1S/C26H25NO3/c1-29-26-20(13-10-17-6-2-3-7-17)25(28)21-16-19(12-15-24(21)30-26)23-14-11-18-8-4-5-9-22(18)27-23/h4-5,8-9,11-17,26H,2-3,6-7,10H2,1H3. The molecule has 2 aliphatic rings. The van der Waals surface area contributed by atoms with Crippen LogP contribution in [-0.2, 0) is 4.74 Å². The van der Waals surface area contributed by atoms with Gasteiger partial charge >= 0.3 is 0 Å². The van der Waals surface area contributed by atoms with E-state index in [0.29, 0.717) is 22.8 Å². The lowest BCUT2D eigenvalue weighted by Crippen LogP contribution is -2.31. The number of hydrogen-bond donors (Lipinski definition) is 0. The smallest absolute Gasteiger partial charge is 0.230 e. The highest BCUT2D eigenvalue weighted by molar-refractivity contribution is 6.12. The number of aromatic nitrogens is 1. The molecule has 1 aliphatic carbocycles. The van der Waals surface area contributed by atoms with Crippen molar-refractivity contribution in [2.24, 2.45) is 5.92 Å². The minimum Gasteiger partial charge on any atom is -0.460 e. The van der Waals surface area contributed by atoms with Crippen molar-refractivity contribution in [1.82, 2.24) is 4.98 Å².